The van der Waals surface area contributed by atoms with Crippen LogP contribution in [0.1, 0.15) is 78.4 Å². The van der Waals surface area contributed by atoms with Gasteiger partial charge in [-0.2, -0.15) is 5.10 Å². The van der Waals surface area contributed by atoms with Crippen LogP contribution in [0.25, 0.3) is 11.1 Å². The van der Waals surface area contributed by atoms with E-state index < -0.39 is 0 Å². The largest absolute Gasteiger partial charge is 0.381 e. The van der Waals surface area contributed by atoms with Crippen LogP contribution in [0.3, 0.4) is 0 Å². The van der Waals surface area contributed by atoms with E-state index in [-0.39, 0.29) is 17.9 Å². The van der Waals surface area contributed by atoms with Gasteiger partial charge in [0.25, 0.3) is 11.8 Å². The van der Waals surface area contributed by atoms with E-state index in [1.807, 2.05) is 61.1 Å². The molecule has 1 aliphatic heterocycles. The molecule has 1 aliphatic rings. The number of rotatable bonds is 9. The lowest BCUT2D eigenvalue weighted by molar-refractivity contribution is 0.0712. The van der Waals surface area contributed by atoms with Gasteiger partial charge in [-0.3, -0.25) is 19.3 Å². The first-order chi connectivity index (χ1) is 20.7. The molecule has 43 heavy (non-hydrogen) atoms. The standard InChI is InChI=1S/C35H42N6O2/c1-23(2)18-31-12-10-29(20-36-31)34(42)39-33-19-28(11-13-32(33)38-24(3)4)35(43)41-16-14-27(15-17-41)25-6-8-26(9-7-25)30-21-37-40(5)22-30/h6-13,19-24,27,38H,14-18H2,1-5H3,(H,39,42). The zero-order valence-corrected chi connectivity index (χ0v) is 25.8. The summed E-state index contributed by atoms with van der Waals surface area (Å²) in [6.45, 7) is 9.75. The molecule has 2 aromatic carbocycles. The molecule has 2 aromatic heterocycles. The van der Waals surface area contributed by atoms with Crippen molar-refractivity contribution in [3.05, 3.63) is 95.6 Å². The number of benzene rings is 2. The maximum Gasteiger partial charge on any atom is 0.257 e. The maximum atomic E-state index is 13.6. The molecule has 0 spiro atoms. The van der Waals surface area contributed by atoms with Gasteiger partial charge < -0.3 is 15.5 Å². The second-order valence-electron chi connectivity index (χ2n) is 12.2. The van der Waals surface area contributed by atoms with Crippen LogP contribution in [0.4, 0.5) is 11.4 Å². The van der Waals surface area contributed by atoms with E-state index in [0.29, 0.717) is 41.7 Å². The number of aromatic nitrogens is 3. The Kier molecular flexibility index (Phi) is 9.24. The molecule has 5 rings (SSSR count). The number of pyridine rings is 1. The van der Waals surface area contributed by atoms with E-state index in [1.165, 1.54) is 5.56 Å². The van der Waals surface area contributed by atoms with Gasteiger partial charge in [0.1, 0.15) is 0 Å². The number of carbonyl (C=O) groups is 2. The zero-order chi connectivity index (χ0) is 30.5. The smallest absolute Gasteiger partial charge is 0.257 e. The molecule has 1 fully saturated rings. The molecular formula is C35H42N6O2. The zero-order valence-electron chi connectivity index (χ0n) is 25.8. The molecular weight excluding hydrogens is 536 g/mol. The lowest BCUT2D eigenvalue weighted by atomic mass is 9.88. The minimum atomic E-state index is -0.254. The van der Waals surface area contributed by atoms with E-state index in [0.717, 1.165) is 41.8 Å². The molecule has 3 heterocycles. The van der Waals surface area contributed by atoms with Gasteiger partial charge in [-0.1, -0.05) is 38.1 Å². The van der Waals surface area contributed by atoms with E-state index in [4.69, 9.17) is 0 Å². The van der Waals surface area contributed by atoms with Gasteiger partial charge in [-0.15, -0.1) is 0 Å². The van der Waals surface area contributed by atoms with E-state index in [9.17, 15) is 9.59 Å². The monoisotopic (exact) mass is 578 g/mol. The summed E-state index contributed by atoms with van der Waals surface area (Å²) in [6, 6.07) is 18.1. The third-order valence-electron chi connectivity index (χ3n) is 7.87. The van der Waals surface area contributed by atoms with Gasteiger partial charge in [0.15, 0.2) is 0 Å². The SMILES string of the molecule is CC(C)Cc1ccc(C(=O)Nc2cc(C(=O)N3CCC(c4ccc(-c5cnn(C)c5)cc4)CC3)ccc2NC(C)C)cn1. The molecule has 0 atom stereocenters. The number of anilines is 2. The molecule has 0 radical (unpaired) electrons. The topological polar surface area (TPSA) is 92.2 Å². The third kappa shape index (κ3) is 7.49. The van der Waals surface area contributed by atoms with Crippen molar-refractivity contribution >= 4 is 23.2 Å². The number of piperidine rings is 1. The second kappa shape index (κ2) is 13.2. The molecule has 8 nitrogen and oxygen atoms in total. The Bertz CT molecular complexity index is 1550. The van der Waals surface area contributed by atoms with Crippen molar-refractivity contribution in [2.45, 2.75) is 58.9 Å². The van der Waals surface area contributed by atoms with Gasteiger partial charge >= 0.3 is 0 Å². The molecule has 0 bridgehead atoms. The quantitative estimate of drug-likeness (QED) is 0.229. The van der Waals surface area contributed by atoms with Crippen LogP contribution < -0.4 is 10.6 Å². The Balaban J connectivity index is 1.25. The first-order valence-electron chi connectivity index (χ1n) is 15.2. The molecule has 1 saturated heterocycles. The molecule has 224 valence electrons. The van der Waals surface area contributed by atoms with Crippen molar-refractivity contribution in [1.82, 2.24) is 19.7 Å². The summed E-state index contributed by atoms with van der Waals surface area (Å²) >= 11 is 0. The Morgan fingerprint density at radius 1 is 0.884 bits per heavy atom. The van der Waals surface area contributed by atoms with Crippen LogP contribution in [0.2, 0.25) is 0 Å². The van der Waals surface area contributed by atoms with Crippen LogP contribution >= 0.6 is 0 Å². The van der Waals surface area contributed by atoms with Gasteiger partial charge in [-0.25, -0.2) is 0 Å². The highest BCUT2D eigenvalue weighted by Gasteiger charge is 2.25. The number of carbonyl (C=O) groups excluding carboxylic acids is 2. The summed E-state index contributed by atoms with van der Waals surface area (Å²) in [7, 11) is 1.92. The molecule has 2 amide bonds. The fourth-order valence-corrected chi connectivity index (χ4v) is 5.63. The van der Waals surface area contributed by atoms with Crippen molar-refractivity contribution in [3.8, 4) is 11.1 Å². The van der Waals surface area contributed by atoms with E-state index >= 15 is 0 Å². The Morgan fingerprint density at radius 2 is 1.60 bits per heavy atom. The predicted octanol–water partition coefficient (Wildman–Crippen LogP) is 6.77. The first-order valence-corrected chi connectivity index (χ1v) is 15.2. The number of likely N-dealkylation sites (tertiary alicyclic amines) is 1. The molecule has 4 aromatic rings. The highest BCUT2D eigenvalue weighted by molar-refractivity contribution is 6.07. The third-order valence-corrected chi connectivity index (χ3v) is 7.87. The maximum absolute atomic E-state index is 13.6. The predicted molar refractivity (Wildman–Crippen MR) is 172 cm³/mol. The second-order valence-corrected chi connectivity index (χ2v) is 12.2. The van der Waals surface area contributed by atoms with E-state index in [2.05, 4.69) is 58.8 Å². The average Bonchev–Trinajstić information content (AvgIpc) is 3.44. The summed E-state index contributed by atoms with van der Waals surface area (Å²) < 4.78 is 1.81. The number of nitrogens with one attached hydrogen (secondary N) is 2. The van der Waals surface area contributed by atoms with Crippen molar-refractivity contribution in [2.24, 2.45) is 13.0 Å². The van der Waals surface area contributed by atoms with Crippen LogP contribution in [0.5, 0.6) is 0 Å². The lowest BCUT2D eigenvalue weighted by Gasteiger charge is -2.32. The van der Waals surface area contributed by atoms with Crippen LogP contribution in [-0.2, 0) is 13.5 Å². The number of amides is 2. The lowest BCUT2D eigenvalue weighted by Crippen LogP contribution is -2.38. The molecule has 0 unspecified atom stereocenters. The first kappa shape index (κ1) is 30.0. The summed E-state index contributed by atoms with van der Waals surface area (Å²) in [5.41, 5.74) is 6.94. The fourth-order valence-electron chi connectivity index (χ4n) is 5.63. The minimum absolute atomic E-state index is 0.0170. The molecule has 0 saturated carbocycles. The van der Waals surface area contributed by atoms with Crippen LogP contribution in [0, 0.1) is 5.92 Å². The molecule has 8 heteroatoms. The minimum Gasteiger partial charge on any atom is -0.381 e. The molecule has 0 aliphatic carbocycles. The van der Waals surface area contributed by atoms with E-state index in [1.54, 1.807) is 18.3 Å². The highest BCUT2D eigenvalue weighted by Crippen LogP contribution is 2.31. The number of hydrogen-bond acceptors (Lipinski definition) is 5. The van der Waals surface area contributed by atoms with Gasteiger partial charge in [0.2, 0.25) is 0 Å². The summed E-state index contributed by atoms with van der Waals surface area (Å²) in [5, 5.41) is 10.7. The van der Waals surface area contributed by atoms with Crippen LogP contribution in [-0.4, -0.2) is 50.6 Å². The van der Waals surface area contributed by atoms with Gasteiger partial charge in [-0.05, 0) is 86.4 Å². The number of nitrogens with zero attached hydrogens (tertiary/aromatic N) is 4. The molecule has 2 N–H and O–H groups in total. The van der Waals surface area contributed by atoms with Crippen molar-refractivity contribution in [1.29, 1.82) is 0 Å². The number of aryl methyl sites for hydroxylation is 1. The average molecular weight is 579 g/mol. The Morgan fingerprint density at radius 3 is 2.21 bits per heavy atom. The summed E-state index contributed by atoms with van der Waals surface area (Å²) in [4.78, 5) is 33.1. The van der Waals surface area contributed by atoms with Crippen molar-refractivity contribution in [3.63, 3.8) is 0 Å². The fraction of sp³-hybridized carbons (Fsp3) is 0.371. The van der Waals surface area contributed by atoms with Crippen molar-refractivity contribution < 1.29 is 9.59 Å². The van der Waals surface area contributed by atoms with Gasteiger partial charge in [0.05, 0.1) is 23.1 Å². The highest BCUT2D eigenvalue weighted by atomic mass is 16.2. The van der Waals surface area contributed by atoms with Crippen molar-refractivity contribution in [2.75, 3.05) is 23.7 Å². The number of hydrogen-bond donors (Lipinski definition) is 2. The summed E-state index contributed by atoms with van der Waals surface area (Å²) in [5.74, 6) is 0.638. The van der Waals surface area contributed by atoms with Crippen LogP contribution in [0.15, 0.2) is 73.2 Å². The Labute approximate surface area is 254 Å². The normalized spacial score (nSPS) is 13.9. The Hall–Kier alpha value is -4.46. The summed E-state index contributed by atoms with van der Waals surface area (Å²) in [6.07, 6.45) is 8.20. The van der Waals surface area contributed by atoms with Gasteiger partial charge in [0, 0.05) is 55.4 Å².